The first-order valence-electron chi connectivity index (χ1n) is 3.74. The summed E-state index contributed by atoms with van der Waals surface area (Å²) in [7, 11) is -3.83. The van der Waals surface area contributed by atoms with Crippen LogP contribution in [0.4, 0.5) is 26.3 Å². The fourth-order valence-electron chi connectivity index (χ4n) is 0.347. The number of hydrogen-bond donors (Lipinski definition) is 2. The van der Waals surface area contributed by atoms with Crippen LogP contribution in [0.15, 0.2) is 0 Å². The zero-order chi connectivity index (χ0) is 14.3. The molecule has 0 aromatic carbocycles. The minimum absolute atomic E-state index is 1.50. The van der Waals surface area contributed by atoms with Crippen molar-refractivity contribution >= 4 is 7.82 Å². The molecule has 0 atom stereocenters. The normalized spacial score (nSPS) is 13.0. The summed E-state index contributed by atoms with van der Waals surface area (Å²) < 4.78 is 85.5. The van der Waals surface area contributed by atoms with Crippen molar-refractivity contribution in [1.29, 1.82) is 0 Å². The molecule has 0 aliphatic rings. The fraction of sp³-hybridized carbons (Fsp3) is 1.00. The van der Waals surface area contributed by atoms with Crippen molar-refractivity contribution in [3.8, 4) is 0 Å². The summed E-state index contributed by atoms with van der Waals surface area (Å²) in [4.78, 5) is 8.35. The third-order valence-electron chi connectivity index (χ3n) is 0.783. The van der Waals surface area contributed by atoms with Gasteiger partial charge in [-0.1, -0.05) is 0 Å². The molecule has 0 spiro atoms. The van der Waals surface area contributed by atoms with E-state index in [0.29, 0.717) is 0 Å². The van der Waals surface area contributed by atoms with Crippen molar-refractivity contribution < 1.29 is 44.8 Å². The largest absolute Gasteiger partial charge is 0.472 e. The number of halogens is 6. The van der Waals surface area contributed by atoms with Crippen LogP contribution < -0.4 is 5.73 Å². The van der Waals surface area contributed by atoms with Gasteiger partial charge in [-0.05, 0) is 7.05 Å². The zero-order valence-corrected chi connectivity index (χ0v) is 9.27. The average molecular weight is 293 g/mol. The van der Waals surface area contributed by atoms with Gasteiger partial charge in [0.1, 0.15) is 0 Å². The predicted molar refractivity (Wildman–Crippen MR) is 44.0 cm³/mol. The maximum Gasteiger partial charge on any atom is 0.472 e. The monoisotopic (exact) mass is 293 g/mol. The Bertz CT molecular complexity index is 232. The smallest absolute Gasteiger partial charge is 0.333 e. The minimum atomic E-state index is -5.33. The van der Waals surface area contributed by atoms with Gasteiger partial charge in [0.25, 0.3) is 0 Å². The molecule has 0 aromatic heterocycles. The second kappa shape index (κ2) is 7.17. The van der Waals surface area contributed by atoms with Gasteiger partial charge in [-0.25, -0.2) is 4.57 Å². The number of phosphoric acid groups is 1. The van der Waals surface area contributed by atoms with Gasteiger partial charge in [-0.2, -0.15) is 26.3 Å². The van der Waals surface area contributed by atoms with Gasteiger partial charge in [-0.3, -0.25) is 9.05 Å². The van der Waals surface area contributed by atoms with E-state index in [9.17, 15) is 30.9 Å². The van der Waals surface area contributed by atoms with Gasteiger partial charge >= 0.3 is 20.2 Å². The number of rotatable bonds is 4. The van der Waals surface area contributed by atoms with Gasteiger partial charge in [-0.15, -0.1) is 0 Å². The first-order chi connectivity index (χ1) is 7.41. The second-order valence-electron chi connectivity index (χ2n) is 2.25. The molecule has 17 heavy (non-hydrogen) atoms. The lowest BCUT2D eigenvalue weighted by molar-refractivity contribution is -0.169. The van der Waals surface area contributed by atoms with E-state index >= 15 is 0 Å². The molecule has 12 heteroatoms. The van der Waals surface area contributed by atoms with Crippen LogP contribution in [0.1, 0.15) is 0 Å². The Morgan fingerprint density at radius 2 is 1.24 bits per heavy atom. The fourth-order valence-corrected chi connectivity index (χ4v) is 1.04. The SMILES string of the molecule is CN.O=P(O)(OCC(F)(F)F)OCC(F)(F)F. The predicted octanol–water partition coefficient (Wildman–Crippen LogP) is 1.82. The second-order valence-corrected chi connectivity index (χ2v) is 3.70. The standard InChI is InChI=1S/C4H5F6O4P.CH5N/c5-3(6,7)1-13-15(11,12)14-2-4(8,9)10;1-2/h1-2H2,(H,11,12);2H2,1H3. The molecule has 0 aromatic rings. The van der Waals surface area contributed by atoms with Gasteiger partial charge in [0, 0.05) is 0 Å². The minimum Gasteiger partial charge on any atom is -0.333 e. The van der Waals surface area contributed by atoms with Crippen molar-refractivity contribution in [1.82, 2.24) is 0 Å². The maximum atomic E-state index is 11.4. The molecule has 0 rings (SSSR count). The van der Waals surface area contributed by atoms with E-state index in [2.05, 4.69) is 14.8 Å². The molecule has 5 nitrogen and oxygen atoms in total. The summed E-state index contributed by atoms with van der Waals surface area (Å²) >= 11 is 0. The molecular formula is C5H10F6NO4P. The summed E-state index contributed by atoms with van der Waals surface area (Å²) in [5, 5.41) is 0. The molecule has 0 unspecified atom stereocenters. The molecule has 0 heterocycles. The van der Waals surface area contributed by atoms with Crippen LogP contribution in [-0.2, 0) is 13.6 Å². The van der Waals surface area contributed by atoms with E-state index in [1.54, 1.807) is 0 Å². The van der Waals surface area contributed by atoms with E-state index in [4.69, 9.17) is 4.89 Å². The topological polar surface area (TPSA) is 81.8 Å². The van der Waals surface area contributed by atoms with Crippen LogP contribution in [0.25, 0.3) is 0 Å². The molecule has 106 valence electrons. The van der Waals surface area contributed by atoms with Crippen molar-refractivity contribution in [2.75, 3.05) is 20.3 Å². The average Bonchev–Trinajstić information content (AvgIpc) is 2.14. The number of alkyl halides is 6. The Labute approximate surface area is 92.1 Å². The molecule has 0 aliphatic carbocycles. The van der Waals surface area contributed by atoms with Gasteiger partial charge < -0.3 is 10.6 Å². The lowest BCUT2D eigenvalue weighted by atomic mass is 10.7. The van der Waals surface area contributed by atoms with E-state index in [1.807, 2.05) is 0 Å². The van der Waals surface area contributed by atoms with Crippen LogP contribution >= 0.6 is 7.82 Å². The molecule has 0 amide bonds. The Balaban J connectivity index is 0. The number of phosphoric ester groups is 1. The molecule has 0 aliphatic heterocycles. The zero-order valence-electron chi connectivity index (χ0n) is 8.38. The Morgan fingerprint density at radius 1 is 1.00 bits per heavy atom. The molecule has 3 N–H and O–H groups in total. The van der Waals surface area contributed by atoms with E-state index in [1.165, 1.54) is 7.05 Å². The van der Waals surface area contributed by atoms with Gasteiger partial charge in [0.15, 0.2) is 13.2 Å². The maximum absolute atomic E-state index is 11.4. The first-order valence-corrected chi connectivity index (χ1v) is 5.24. The van der Waals surface area contributed by atoms with Crippen molar-refractivity contribution in [3.05, 3.63) is 0 Å². The molecule has 0 fully saturated rings. The van der Waals surface area contributed by atoms with Crippen molar-refractivity contribution in [2.45, 2.75) is 12.4 Å². The molecule has 0 saturated heterocycles. The molecule has 0 saturated carbocycles. The third-order valence-corrected chi connectivity index (χ3v) is 1.69. The van der Waals surface area contributed by atoms with E-state index in [-0.39, 0.29) is 0 Å². The van der Waals surface area contributed by atoms with E-state index < -0.39 is 33.4 Å². The molecule has 0 bridgehead atoms. The van der Waals surface area contributed by atoms with Crippen LogP contribution in [0, 0.1) is 0 Å². The number of hydrogen-bond acceptors (Lipinski definition) is 4. The van der Waals surface area contributed by atoms with Crippen LogP contribution in [-0.4, -0.2) is 37.5 Å². The quantitative estimate of drug-likeness (QED) is 0.610. The highest BCUT2D eigenvalue weighted by atomic mass is 31.2. The summed E-state index contributed by atoms with van der Waals surface area (Å²) in [6, 6.07) is 0. The first kappa shape index (κ1) is 19.0. The van der Waals surface area contributed by atoms with Crippen LogP contribution in [0.5, 0.6) is 0 Å². The number of nitrogens with two attached hydrogens (primary N) is 1. The molecular weight excluding hydrogens is 283 g/mol. The van der Waals surface area contributed by atoms with Crippen molar-refractivity contribution in [2.24, 2.45) is 5.73 Å². The highest BCUT2D eigenvalue weighted by Crippen LogP contribution is 2.45. The van der Waals surface area contributed by atoms with Gasteiger partial charge in [0.05, 0.1) is 0 Å². The summed E-state index contributed by atoms with van der Waals surface area (Å²) in [6.07, 6.45) is -9.86. The Kier molecular flexibility index (Phi) is 8.01. The lowest BCUT2D eigenvalue weighted by Crippen LogP contribution is -2.19. The molecule has 0 radical (unpaired) electrons. The van der Waals surface area contributed by atoms with Crippen LogP contribution in [0.2, 0.25) is 0 Å². The summed E-state index contributed by atoms with van der Waals surface area (Å²) in [5.41, 5.74) is 4.50. The van der Waals surface area contributed by atoms with Crippen LogP contribution in [0.3, 0.4) is 0 Å². The Hall–Kier alpha value is -0.350. The third kappa shape index (κ3) is 15.6. The lowest BCUT2D eigenvalue weighted by Gasteiger charge is -2.14. The highest BCUT2D eigenvalue weighted by molar-refractivity contribution is 7.47. The Morgan fingerprint density at radius 3 is 1.41 bits per heavy atom. The highest BCUT2D eigenvalue weighted by Gasteiger charge is 2.37. The van der Waals surface area contributed by atoms with Crippen molar-refractivity contribution in [3.63, 3.8) is 0 Å². The summed E-state index contributed by atoms with van der Waals surface area (Å²) in [5.74, 6) is 0. The van der Waals surface area contributed by atoms with E-state index in [0.717, 1.165) is 0 Å². The van der Waals surface area contributed by atoms with Gasteiger partial charge in [0.2, 0.25) is 0 Å². The summed E-state index contributed by atoms with van der Waals surface area (Å²) in [6.45, 7) is -4.34.